The molecule has 0 saturated heterocycles. The van der Waals surface area contributed by atoms with E-state index in [-0.39, 0.29) is 0 Å². The summed E-state index contributed by atoms with van der Waals surface area (Å²) in [5.41, 5.74) is 0. The van der Waals surface area contributed by atoms with Gasteiger partial charge in [0.2, 0.25) is 0 Å². The summed E-state index contributed by atoms with van der Waals surface area (Å²) < 4.78 is 0. The Hall–Kier alpha value is 0.888. The van der Waals surface area contributed by atoms with Gasteiger partial charge in [0.25, 0.3) is 0 Å². The van der Waals surface area contributed by atoms with Crippen molar-refractivity contribution in [2.75, 3.05) is 5.75 Å². The molecule has 0 spiro atoms. The Bertz CT molecular complexity index is 411. The Kier molecular flexibility index (Phi) is 13.8. The van der Waals surface area contributed by atoms with Crippen molar-refractivity contribution in [3.63, 3.8) is 0 Å². The molecule has 0 heterocycles. The first-order valence-corrected chi connectivity index (χ1v) is 27.1. The van der Waals surface area contributed by atoms with Crippen LogP contribution in [0.1, 0.15) is 32.6 Å². The predicted octanol–water partition coefficient (Wildman–Crippen LogP) is 9.29. The molecule has 0 amide bonds. The van der Waals surface area contributed by atoms with Gasteiger partial charge >= 0.3 is 0 Å². The average molecular weight is 491 g/mol. The van der Waals surface area contributed by atoms with Gasteiger partial charge < -0.3 is 0 Å². The molecule has 0 fully saturated rings. The van der Waals surface area contributed by atoms with Gasteiger partial charge in [-0.1, -0.05) is 132 Å². The zero-order valence-electron chi connectivity index (χ0n) is 21.8. The van der Waals surface area contributed by atoms with Crippen molar-refractivity contribution < 1.29 is 4.79 Å². The van der Waals surface area contributed by atoms with Crippen LogP contribution >= 0.6 is 11.8 Å². The van der Waals surface area contributed by atoms with Crippen molar-refractivity contribution in [2.45, 2.75) is 134 Å². The standard InChI is InChI=1S/C23H54OSSi4/c1-23(24)25-15-11-19-29(20-12-16-26(2,3)4,21-13-17-27(5,6)7)22-14-18-28(8,9)10/h11-22H2,1-10H3. The number of carbonyl (C=O) groups excluding carboxylic acids is 1. The van der Waals surface area contributed by atoms with Gasteiger partial charge in [-0.15, -0.1) is 0 Å². The molecule has 0 radical (unpaired) electrons. The van der Waals surface area contributed by atoms with Crippen LogP contribution in [0.4, 0.5) is 0 Å². The highest BCUT2D eigenvalue weighted by molar-refractivity contribution is 8.13. The zero-order valence-corrected chi connectivity index (χ0v) is 26.6. The van der Waals surface area contributed by atoms with Crippen LogP contribution in [0.3, 0.4) is 0 Å². The van der Waals surface area contributed by atoms with E-state index >= 15 is 0 Å². The lowest BCUT2D eigenvalue weighted by atomic mass is 10.5. The van der Waals surface area contributed by atoms with Crippen molar-refractivity contribution >= 4 is 49.2 Å². The zero-order chi connectivity index (χ0) is 22.8. The van der Waals surface area contributed by atoms with Gasteiger partial charge in [0, 0.05) is 36.9 Å². The van der Waals surface area contributed by atoms with Gasteiger partial charge in [-0.2, -0.15) is 0 Å². The third-order valence-corrected chi connectivity index (χ3v) is 18.2. The molecule has 0 saturated carbocycles. The number of hydrogen-bond donors (Lipinski definition) is 0. The summed E-state index contributed by atoms with van der Waals surface area (Å²) in [6, 6.07) is 10.7. The van der Waals surface area contributed by atoms with Crippen molar-refractivity contribution in [1.29, 1.82) is 0 Å². The third-order valence-electron chi connectivity index (χ3n) is 6.06. The van der Waals surface area contributed by atoms with Crippen molar-refractivity contribution in [1.82, 2.24) is 0 Å². The Morgan fingerprint density at radius 2 is 0.862 bits per heavy atom. The fraction of sp³-hybridized carbons (Fsp3) is 0.957. The van der Waals surface area contributed by atoms with Crippen molar-refractivity contribution in [3.8, 4) is 0 Å². The van der Waals surface area contributed by atoms with Crippen LogP contribution in [-0.2, 0) is 4.79 Å². The van der Waals surface area contributed by atoms with Crippen LogP contribution in [0.2, 0.25) is 101 Å². The quantitative estimate of drug-likeness (QED) is 0.158. The lowest BCUT2D eigenvalue weighted by Crippen LogP contribution is -2.36. The second-order valence-electron chi connectivity index (χ2n) is 13.2. The molecule has 0 aliphatic rings. The summed E-state index contributed by atoms with van der Waals surface area (Å²) in [4.78, 5) is 11.4. The molecular weight excluding hydrogens is 437 g/mol. The van der Waals surface area contributed by atoms with E-state index in [9.17, 15) is 4.79 Å². The first-order valence-electron chi connectivity index (χ1n) is 12.2. The fourth-order valence-corrected chi connectivity index (χ4v) is 15.2. The predicted molar refractivity (Wildman–Crippen MR) is 151 cm³/mol. The van der Waals surface area contributed by atoms with Gasteiger partial charge in [0.05, 0.1) is 8.07 Å². The van der Waals surface area contributed by atoms with Crippen LogP contribution in [0.25, 0.3) is 0 Å². The van der Waals surface area contributed by atoms with Gasteiger partial charge in [0.15, 0.2) is 5.12 Å². The second kappa shape index (κ2) is 13.4. The molecule has 174 valence electrons. The largest absolute Gasteiger partial charge is 0.288 e. The molecule has 0 N–H and O–H groups in total. The van der Waals surface area contributed by atoms with Gasteiger partial charge in [-0.25, -0.2) is 0 Å². The Balaban J connectivity index is 5.18. The number of rotatable bonds is 16. The topological polar surface area (TPSA) is 17.1 Å². The van der Waals surface area contributed by atoms with E-state index in [1.807, 2.05) is 0 Å². The van der Waals surface area contributed by atoms with Crippen molar-refractivity contribution in [2.24, 2.45) is 0 Å². The molecule has 29 heavy (non-hydrogen) atoms. The minimum Gasteiger partial charge on any atom is -0.288 e. The Labute approximate surface area is 193 Å². The SMILES string of the molecule is CC(=O)SCCC[Si](CCC[Si](C)(C)C)(CCC[Si](C)(C)C)CCC[Si](C)(C)C. The van der Waals surface area contributed by atoms with Gasteiger partial charge in [-0.05, 0) is 6.42 Å². The summed E-state index contributed by atoms with van der Waals surface area (Å²) in [7, 11) is -4.06. The molecule has 0 atom stereocenters. The maximum absolute atomic E-state index is 11.4. The number of carbonyl (C=O) groups is 1. The third kappa shape index (κ3) is 19.3. The van der Waals surface area contributed by atoms with E-state index in [1.54, 1.807) is 36.8 Å². The highest BCUT2D eigenvalue weighted by Crippen LogP contribution is 2.36. The lowest BCUT2D eigenvalue weighted by molar-refractivity contribution is -0.109. The summed E-state index contributed by atoms with van der Waals surface area (Å²) >= 11 is 1.56. The molecule has 0 aromatic heterocycles. The summed E-state index contributed by atoms with van der Waals surface area (Å²) in [5, 5.41) is 0.300. The first kappa shape index (κ1) is 29.9. The van der Waals surface area contributed by atoms with E-state index in [0.717, 1.165) is 5.75 Å². The summed E-state index contributed by atoms with van der Waals surface area (Å²) in [5.74, 6) is 1.06. The van der Waals surface area contributed by atoms with E-state index in [0.29, 0.717) is 5.12 Å². The van der Waals surface area contributed by atoms with E-state index in [2.05, 4.69) is 58.9 Å². The van der Waals surface area contributed by atoms with E-state index < -0.39 is 32.3 Å². The molecule has 0 bridgehead atoms. The highest BCUT2D eigenvalue weighted by Gasteiger charge is 2.33. The average Bonchev–Trinajstić information content (AvgIpc) is 2.47. The van der Waals surface area contributed by atoms with Crippen LogP contribution in [-0.4, -0.2) is 43.2 Å². The molecular formula is C23H54OSSi4. The first-order chi connectivity index (χ1) is 13.0. The van der Waals surface area contributed by atoms with Crippen LogP contribution in [0.5, 0.6) is 0 Å². The highest BCUT2D eigenvalue weighted by atomic mass is 32.2. The normalized spacial score (nSPS) is 13.7. The Morgan fingerprint density at radius 3 is 1.14 bits per heavy atom. The minimum absolute atomic E-state index is 0.300. The minimum atomic E-state index is -1.22. The van der Waals surface area contributed by atoms with Crippen LogP contribution in [0.15, 0.2) is 0 Å². The molecule has 0 unspecified atom stereocenters. The number of hydrogen-bond acceptors (Lipinski definition) is 2. The summed E-state index contributed by atoms with van der Waals surface area (Å²) in [6.45, 7) is 24.6. The van der Waals surface area contributed by atoms with Gasteiger partial charge in [0.1, 0.15) is 0 Å². The molecule has 0 rings (SSSR count). The van der Waals surface area contributed by atoms with Crippen molar-refractivity contribution in [3.05, 3.63) is 0 Å². The smallest absolute Gasteiger partial charge is 0.185 e. The fourth-order valence-electron chi connectivity index (χ4n) is 4.39. The molecule has 0 aliphatic carbocycles. The molecule has 6 heteroatoms. The maximum Gasteiger partial charge on any atom is 0.185 e. The summed E-state index contributed by atoms with van der Waals surface area (Å²) in [6.07, 6.45) is 5.74. The molecule has 0 aromatic rings. The van der Waals surface area contributed by atoms with Crippen LogP contribution in [0, 0.1) is 0 Å². The maximum atomic E-state index is 11.4. The molecule has 0 aromatic carbocycles. The monoisotopic (exact) mass is 490 g/mol. The van der Waals surface area contributed by atoms with E-state index in [1.165, 1.54) is 49.9 Å². The molecule has 0 aliphatic heterocycles. The lowest BCUT2D eigenvalue weighted by Gasteiger charge is -2.35. The Morgan fingerprint density at radius 1 is 0.552 bits per heavy atom. The van der Waals surface area contributed by atoms with Gasteiger partial charge in [-0.3, -0.25) is 4.79 Å². The molecule has 1 nitrogen and oxygen atoms in total. The second-order valence-corrected chi connectivity index (χ2v) is 36.3. The van der Waals surface area contributed by atoms with E-state index in [4.69, 9.17) is 0 Å². The van der Waals surface area contributed by atoms with Crippen LogP contribution < -0.4 is 0 Å². The number of thioether (sulfide) groups is 1.